The number of rotatable bonds is 9. The fourth-order valence-electron chi connectivity index (χ4n) is 1.46. The lowest BCUT2D eigenvalue weighted by atomic mass is 10.0. The molecule has 0 amide bonds. The van der Waals surface area contributed by atoms with Gasteiger partial charge in [0.2, 0.25) is 0 Å². The molecule has 0 aliphatic heterocycles. The van der Waals surface area contributed by atoms with Crippen LogP contribution in [0.2, 0.25) is 0 Å². The normalized spacial score (nSPS) is 15.1. The summed E-state index contributed by atoms with van der Waals surface area (Å²) in [6, 6.07) is 0. The lowest BCUT2D eigenvalue weighted by molar-refractivity contribution is 0.0416. The van der Waals surface area contributed by atoms with Gasteiger partial charge >= 0.3 is 0 Å². The maximum absolute atomic E-state index is 9.40. The van der Waals surface area contributed by atoms with Crippen LogP contribution < -0.4 is 0 Å². The van der Waals surface area contributed by atoms with Gasteiger partial charge < -0.3 is 10.2 Å². The average molecular weight is 200 g/mol. The summed E-state index contributed by atoms with van der Waals surface area (Å²) in [5.41, 5.74) is 0. The van der Waals surface area contributed by atoms with E-state index < -0.39 is 12.2 Å². The molecule has 84 valence electrons. The van der Waals surface area contributed by atoms with Gasteiger partial charge in [0.15, 0.2) is 0 Å². The minimum Gasteiger partial charge on any atom is -0.390 e. The summed E-state index contributed by atoms with van der Waals surface area (Å²) in [5.74, 6) is 0. The van der Waals surface area contributed by atoms with Crippen LogP contribution in [0.4, 0.5) is 0 Å². The second-order valence-electron chi connectivity index (χ2n) is 3.85. The summed E-state index contributed by atoms with van der Waals surface area (Å²) >= 11 is 0. The third-order valence-corrected chi connectivity index (χ3v) is 2.49. The van der Waals surface area contributed by atoms with Crippen LogP contribution in [-0.4, -0.2) is 22.4 Å². The molecule has 0 aromatic heterocycles. The van der Waals surface area contributed by atoms with Crippen molar-refractivity contribution in [3.63, 3.8) is 0 Å². The van der Waals surface area contributed by atoms with E-state index >= 15 is 0 Å². The summed E-state index contributed by atoms with van der Waals surface area (Å²) in [6.45, 7) is 5.64. The Hall–Kier alpha value is -0.340. The first-order chi connectivity index (χ1) is 6.72. The molecule has 0 rings (SSSR count). The van der Waals surface area contributed by atoms with Crippen molar-refractivity contribution in [2.75, 3.05) is 0 Å². The van der Waals surface area contributed by atoms with Crippen LogP contribution in [0, 0.1) is 0 Å². The molecule has 2 nitrogen and oxygen atoms in total. The zero-order valence-electron chi connectivity index (χ0n) is 9.28. The first-order valence-electron chi connectivity index (χ1n) is 5.71. The van der Waals surface area contributed by atoms with Gasteiger partial charge in [-0.05, 0) is 6.42 Å². The Morgan fingerprint density at radius 1 is 1.07 bits per heavy atom. The molecule has 0 saturated heterocycles. The van der Waals surface area contributed by atoms with Crippen molar-refractivity contribution in [1.82, 2.24) is 0 Å². The van der Waals surface area contributed by atoms with E-state index in [1.807, 2.05) is 0 Å². The highest BCUT2D eigenvalue weighted by Crippen LogP contribution is 2.10. The molecule has 2 atom stereocenters. The molecule has 0 radical (unpaired) electrons. The lowest BCUT2D eigenvalue weighted by Gasteiger charge is -2.13. The molecule has 0 unspecified atom stereocenters. The first kappa shape index (κ1) is 13.7. The molecule has 2 N–H and O–H groups in total. The van der Waals surface area contributed by atoms with E-state index in [4.69, 9.17) is 0 Å². The van der Waals surface area contributed by atoms with E-state index in [2.05, 4.69) is 13.5 Å². The van der Waals surface area contributed by atoms with Gasteiger partial charge in [0, 0.05) is 0 Å². The van der Waals surface area contributed by atoms with Crippen LogP contribution >= 0.6 is 0 Å². The van der Waals surface area contributed by atoms with Gasteiger partial charge in [-0.3, -0.25) is 0 Å². The van der Waals surface area contributed by atoms with Crippen molar-refractivity contribution in [2.24, 2.45) is 0 Å². The highest BCUT2D eigenvalue weighted by Gasteiger charge is 2.11. The van der Waals surface area contributed by atoms with Gasteiger partial charge in [0.25, 0.3) is 0 Å². The summed E-state index contributed by atoms with van der Waals surface area (Å²) in [7, 11) is 0. The topological polar surface area (TPSA) is 40.5 Å². The van der Waals surface area contributed by atoms with Crippen molar-refractivity contribution in [1.29, 1.82) is 0 Å². The maximum atomic E-state index is 9.40. The largest absolute Gasteiger partial charge is 0.390 e. The molecule has 0 bridgehead atoms. The smallest absolute Gasteiger partial charge is 0.0977 e. The zero-order valence-corrected chi connectivity index (χ0v) is 9.28. The highest BCUT2D eigenvalue weighted by molar-refractivity contribution is 4.83. The first-order valence-corrected chi connectivity index (χ1v) is 5.71. The van der Waals surface area contributed by atoms with Gasteiger partial charge in [-0.2, -0.15) is 0 Å². The number of unbranched alkanes of at least 4 members (excludes halogenated alkanes) is 5. The minimum atomic E-state index is -0.759. The molecule has 0 aliphatic carbocycles. The quantitative estimate of drug-likeness (QED) is 0.444. The molecule has 0 heterocycles. The van der Waals surface area contributed by atoms with E-state index in [0.29, 0.717) is 6.42 Å². The van der Waals surface area contributed by atoms with Crippen molar-refractivity contribution >= 4 is 0 Å². The standard InChI is InChI=1S/C12H24O2/c1-3-5-6-7-8-9-10-12(14)11(13)4-2/h4,11-14H,2-3,5-10H2,1H3/t11-,12+/m1/s1. The zero-order chi connectivity index (χ0) is 10.8. The van der Waals surface area contributed by atoms with Gasteiger partial charge in [-0.25, -0.2) is 0 Å². The Morgan fingerprint density at radius 3 is 2.21 bits per heavy atom. The summed E-state index contributed by atoms with van der Waals surface area (Å²) in [4.78, 5) is 0. The molecule has 0 aliphatic rings. The SMILES string of the molecule is C=C[C@@H](O)[C@@H](O)CCCCCCCC. The van der Waals surface area contributed by atoms with E-state index in [9.17, 15) is 10.2 Å². The second kappa shape index (κ2) is 9.22. The van der Waals surface area contributed by atoms with Gasteiger partial charge in [0.05, 0.1) is 12.2 Å². The monoisotopic (exact) mass is 200 g/mol. The van der Waals surface area contributed by atoms with Crippen LogP contribution in [0.15, 0.2) is 12.7 Å². The van der Waals surface area contributed by atoms with Crippen LogP contribution in [-0.2, 0) is 0 Å². The van der Waals surface area contributed by atoms with E-state index in [-0.39, 0.29) is 0 Å². The Morgan fingerprint density at radius 2 is 1.64 bits per heavy atom. The number of hydrogen-bond donors (Lipinski definition) is 2. The van der Waals surface area contributed by atoms with Gasteiger partial charge in [-0.15, -0.1) is 6.58 Å². The van der Waals surface area contributed by atoms with Crippen molar-refractivity contribution in [3.8, 4) is 0 Å². The van der Waals surface area contributed by atoms with E-state index in [1.165, 1.54) is 31.8 Å². The molecule has 14 heavy (non-hydrogen) atoms. The average Bonchev–Trinajstić information content (AvgIpc) is 2.21. The van der Waals surface area contributed by atoms with Crippen molar-refractivity contribution < 1.29 is 10.2 Å². The van der Waals surface area contributed by atoms with Crippen molar-refractivity contribution in [3.05, 3.63) is 12.7 Å². The molecule has 0 spiro atoms. The predicted molar refractivity (Wildman–Crippen MR) is 60.2 cm³/mol. The Bertz CT molecular complexity index is 134. The van der Waals surface area contributed by atoms with Gasteiger partial charge in [0.1, 0.15) is 0 Å². The molecular weight excluding hydrogens is 176 g/mol. The van der Waals surface area contributed by atoms with Crippen LogP contribution in [0.25, 0.3) is 0 Å². The third kappa shape index (κ3) is 7.10. The highest BCUT2D eigenvalue weighted by atomic mass is 16.3. The summed E-state index contributed by atoms with van der Waals surface area (Å²) < 4.78 is 0. The molecule has 0 fully saturated rings. The van der Waals surface area contributed by atoms with Crippen LogP contribution in [0.1, 0.15) is 51.9 Å². The molecule has 2 heteroatoms. The maximum Gasteiger partial charge on any atom is 0.0977 e. The lowest BCUT2D eigenvalue weighted by Crippen LogP contribution is -2.23. The van der Waals surface area contributed by atoms with Crippen molar-refractivity contribution in [2.45, 2.75) is 64.1 Å². The molecule has 0 saturated carbocycles. The van der Waals surface area contributed by atoms with E-state index in [1.54, 1.807) is 0 Å². The number of aliphatic hydroxyl groups is 2. The minimum absolute atomic E-state index is 0.626. The third-order valence-electron chi connectivity index (χ3n) is 2.49. The second-order valence-corrected chi connectivity index (χ2v) is 3.85. The molecule has 0 aromatic carbocycles. The Labute approximate surface area is 87.7 Å². The summed E-state index contributed by atoms with van der Waals surface area (Å²) in [5, 5.41) is 18.6. The van der Waals surface area contributed by atoms with E-state index in [0.717, 1.165) is 12.8 Å². The van der Waals surface area contributed by atoms with Gasteiger partial charge in [-0.1, -0.05) is 51.5 Å². The summed E-state index contributed by atoms with van der Waals surface area (Å²) in [6.07, 6.45) is 7.93. The van der Waals surface area contributed by atoms with Crippen LogP contribution in [0.5, 0.6) is 0 Å². The molecular formula is C12H24O2. The fourth-order valence-corrected chi connectivity index (χ4v) is 1.46. The Kier molecular flexibility index (Phi) is 9.00. The number of aliphatic hydroxyl groups excluding tert-OH is 2. The molecule has 0 aromatic rings. The predicted octanol–water partition coefficient (Wildman–Crippen LogP) is 2.64. The Balaban J connectivity index is 3.22. The fraction of sp³-hybridized carbons (Fsp3) is 0.833. The van der Waals surface area contributed by atoms with Crippen LogP contribution in [0.3, 0.4) is 0 Å². The number of hydrogen-bond acceptors (Lipinski definition) is 2.